The lowest BCUT2D eigenvalue weighted by Crippen LogP contribution is -2.33. The Morgan fingerprint density at radius 1 is 1.24 bits per heavy atom. The second kappa shape index (κ2) is 8.61. The fourth-order valence-corrected chi connectivity index (χ4v) is 3.15. The van der Waals surface area contributed by atoms with E-state index in [-0.39, 0.29) is 29.6 Å². The molecule has 1 heterocycles. The molecular weight excluding hydrogens is 399 g/mol. The Hall–Kier alpha value is -2.93. The zero-order valence-electron chi connectivity index (χ0n) is 15.9. The minimum Gasteiger partial charge on any atom is -0.452 e. The summed E-state index contributed by atoms with van der Waals surface area (Å²) in [5.41, 5.74) is 1.71. The number of hydrogen-bond acceptors (Lipinski definition) is 4. The summed E-state index contributed by atoms with van der Waals surface area (Å²) < 4.78 is 19.0. The lowest BCUT2D eigenvalue weighted by Gasteiger charge is -2.18. The second-order valence-corrected chi connectivity index (χ2v) is 7.37. The summed E-state index contributed by atoms with van der Waals surface area (Å²) in [6.07, 6.45) is -1.14. The first kappa shape index (κ1) is 20.8. The predicted molar refractivity (Wildman–Crippen MR) is 107 cm³/mol. The van der Waals surface area contributed by atoms with Crippen LogP contribution in [0.1, 0.15) is 18.9 Å². The van der Waals surface area contributed by atoms with Gasteiger partial charge in [0, 0.05) is 23.7 Å². The molecule has 8 heteroatoms. The first-order chi connectivity index (χ1) is 13.7. The SMILES string of the molecule is Cc1ccc(N2C[C@H](C(=O)O[C@@H](C)C(=O)Nc3ccc(Cl)cc3F)CC2=O)cc1. The molecule has 6 nitrogen and oxygen atoms in total. The van der Waals surface area contributed by atoms with Gasteiger partial charge in [0.2, 0.25) is 5.91 Å². The van der Waals surface area contributed by atoms with Gasteiger partial charge in [-0.15, -0.1) is 0 Å². The van der Waals surface area contributed by atoms with Crippen molar-refractivity contribution in [2.45, 2.75) is 26.4 Å². The van der Waals surface area contributed by atoms with Gasteiger partial charge in [0.05, 0.1) is 11.6 Å². The number of amides is 2. The van der Waals surface area contributed by atoms with Crippen molar-refractivity contribution >= 4 is 40.8 Å². The molecule has 0 aliphatic carbocycles. The Balaban J connectivity index is 1.58. The van der Waals surface area contributed by atoms with E-state index in [0.29, 0.717) is 5.69 Å². The number of carbonyl (C=O) groups is 3. The highest BCUT2D eigenvalue weighted by atomic mass is 35.5. The van der Waals surface area contributed by atoms with Crippen molar-refractivity contribution in [2.75, 3.05) is 16.8 Å². The molecule has 3 rings (SSSR count). The van der Waals surface area contributed by atoms with Crippen LogP contribution in [-0.4, -0.2) is 30.4 Å². The number of ether oxygens (including phenoxy) is 1. The van der Waals surface area contributed by atoms with E-state index in [4.69, 9.17) is 16.3 Å². The van der Waals surface area contributed by atoms with E-state index in [1.54, 1.807) is 0 Å². The molecule has 0 bridgehead atoms. The minimum absolute atomic E-state index is 0.00681. The quantitative estimate of drug-likeness (QED) is 0.751. The Bertz CT molecular complexity index is 948. The van der Waals surface area contributed by atoms with Gasteiger partial charge in [0.25, 0.3) is 5.91 Å². The lowest BCUT2D eigenvalue weighted by molar-refractivity contribution is -0.157. The molecule has 1 aliphatic heterocycles. The number of halogens is 2. The number of hydrogen-bond donors (Lipinski definition) is 1. The van der Waals surface area contributed by atoms with Gasteiger partial charge in [-0.25, -0.2) is 4.39 Å². The van der Waals surface area contributed by atoms with Gasteiger partial charge in [0.1, 0.15) is 5.82 Å². The van der Waals surface area contributed by atoms with Crippen LogP contribution in [0, 0.1) is 18.7 Å². The maximum Gasteiger partial charge on any atom is 0.312 e. The third kappa shape index (κ3) is 4.92. The largest absolute Gasteiger partial charge is 0.452 e. The number of benzene rings is 2. The number of nitrogens with one attached hydrogen (secondary N) is 1. The van der Waals surface area contributed by atoms with Gasteiger partial charge < -0.3 is 15.0 Å². The summed E-state index contributed by atoms with van der Waals surface area (Å²) in [5.74, 6) is -2.88. The van der Waals surface area contributed by atoms with E-state index < -0.39 is 29.7 Å². The normalized spacial score (nSPS) is 17.2. The number of esters is 1. The lowest BCUT2D eigenvalue weighted by atomic mass is 10.1. The third-order valence-electron chi connectivity index (χ3n) is 4.66. The molecule has 2 aromatic carbocycles. The molecule has 1 aliphatic rings. The van der Waals surface area contributed by atoms with E-state index in [0.717, 1.165) is 11.6 Å². The van der Waals surface area contributed by atoms with Gasteiger partial charge >= 0.3 is 5.97 Å². The number of nitrogens with zero attached hydrogens (tertiary/aromatic N) is 1. The van der Waals surface area contributed by atoms with Crippen molar-refractivity contribution in [3.63, 3.8) is 0 Å². The van der Waals surface area contributed by atoms with Crippen LogP contribution in [0.15, 0.2) is 42.5 Å². The Labute approximate surface area is 172 Å². The van der Waals surface area contributed by atoms with Crippen molar-refractivity contribution in [3.8, 4) is 0 Å². The highest BCUT2D eigenvalue weighted by Crippen LogP contribution is 2.26. The second-order valence-electron chi connectivity index (χ2n) is 6.93. The van der Waals surface area contributed by atoms with Crippen molar-refractivity contribution < 1.29 is 23.5 Å². The average Bonchev–Trinajstić information content (AvgIpc) is 3.06. The molecular formula is C21H20ClFN2O4. The number of rotatable bonds is 5. The molecule has 2 amide bonds. The number of anilines is 2. The molecule has 1 saturated heterocycles. The fourth-order valence-electron chi connectivity index (χ4n) is 2.99. The first-order valence-corrected chi connectivity index (χ1v) is 9.46. The molecule has 1 fully saturated rings. The Morgan fingerprint density at radius 2 is 1.93 bits per heavy atom. The van der Waals surface area contributed by atoms with Gasteiger partial charge in [-0.3, -0.25) is 14.4 Å². The highest BCUT2D eigenvalue weighted by molar-refractivity contribution is 6.30. The zero-order valence-corrected chi connectivity index (χ0v) is 16.7. The molecule has 1 N–H and O–H groups in total. The first-order valence-electron chi connectivity index (χ1n) is 9.08. The van der Waals surface area contributed by atoms with Crippen LogP contribution < -0.4 is 10.2 Å². The zero-order chi connectivity index (χ0) is 21.1. The van der Waals surface area contributed by atoms with Crippen LogP contribution in [-0.2, 0) is 19.1 Å². The standard InChI is InChI=1S/C21H20ClFN2O4/c1-12-3-6-16(7-4-12)25-11-14(9-19(25)26)21(28)29-13(2)20(27)24-18-8-5-15(22)10-17(18)23/h3-8,10,13-14H,9,11H2,1-2H3,(H,24,27)/t13-,14+/m0/s1. The smallest absolute Gasteiger partial charge is 0.312 e. The van der Waals surface area contributed by atoms with E-state index in [1.807, 2.05) is 31.2 Å². The van der Waals surface area contributed by atoms with E-state index >= 15 is 0 Å². The topological polar surface area (TPSA) is 75.7 Å². The van der Waals surface area contributed by atoms with Gasteiger partial charge in [-0.2, -0.15) is 0 Å². The van der Waals surface area contributed by atoms with E-state index in [9.17, 15) is 18.8 Å². The Kier molecular flexibility index (Phi) is 6.17. The maximum atomic E-state index is 13.8. The summed E-state index contributed by atoms with van der Waals surface area (Å²) in [5, 5.41) is 2.55. The van der Waals surface area contributed by atoms with Crippen LogP contribution >= 0.6 is 11.6 Å². The van der Waals surface area contributed by atoms with Crippen LogP contribution in [0.2, 0.25) is 5.02 Å². The molecule has 0 aromatic heterocycles. The van der Waals surface area contributed by atoms with E-state index in [2.05, 4.69) is 5.32 Å². The van der Waals surface area contributed by atoms with Crippen LogP contribution in [0.4, 0.5) is 15.8 Å². The average molecular weight is 419 g/mol. The maximum absolute atomic E-state index is 13.8. The Morgan fingerprint density at radius 3 is 2.59 bits per heavy atom. The molecule has 2 aromatic rings. The van der Waals surface area contributed by atoms with Crippen molar-refractivity contribution in [1.82, 2.24) is 0 Å². The summed E-state index contributed by atoms with van der Waals surface area (Å²) in [7, 11) is 0. The molecule has 152 valence electrons. The van der Waals surface area contributed by atoms with Crippen molar-refractivity contribution in [3.05, 3.63) is 58.9 Å². The van der Waals surface area contributed by atoms with Gasteiger partial charge in [-0.1, -0.05) is 29.3 Å². The molecule has 29 heavy (non-hydrogen) atoms. The summed E-state index contributed by atoms with van der Waals surface area (Å²) in [6.45, 7) is 3.51. The molecule has 0 saturated carbocycles. The molecule has 0 radical (unpaired) electrons. The summed E-state index contributed by atoms with van der Waals surface area (Å²) in [6, 6.07) is 11.2. The molecule has 2 atom stereocenters. The van der Waals surface area contributed by atoms with Crippen molar-refractivity contribution in [1.29, 1.82) is 0 Å². The van der Waals surface area contributed by atoms with Crippen LogP contribution in [0.3, 0.4) is 0 Å². The molecule has 0 spiro atoms. The third-order valence-corrected chi connectivity index (χ3v) is 4.89. The van der Waals surface area contributed by atoms with Crippen molar-refractivity contribution in [2.24, 2.45) is 5.92 Å². The number of aryl methyl sites for hydroxylation is 1. The summed E-state index contributed by atoms with van der Waals surface area (Å²) in [4.78, 5) is 38.5. The minimum atomic E-state index is -1.15. The van der Waals surface area contributed by atoms with E-state index in [1.165, 1.54) is 24.0 Å². The van der Waals surface area contributed by atoms with Gasteiger partial charge in [0.15, 0.2) is 6.10 Å². The van der Waals surface area contributed by atoms with Gasteiger partial charge in [-0.05, 0) is 44.2 Å². The van der Waals surface area contributed by atoms with Crippen LogP contribution in [0.5, 0.6) is 0 Å². The predicted octanol–water partition coefficient (Wildman–Crippen LogP) is 3.71. The monoisotopic (exact) mass is 418 g/mol. The molecule has 0 unspecified atom stereocenters. The number of carbonyl (C=O) groups excluding carboxylic acids is 3. The fraction of sp³-hybridized carbons (Fsp3) is 0.286. The highest BCUT2D eigenvalue weighted by Gasteiger charge is 2.37. The summed E-state index contributed by atoms with van der Waals surface area (Å²) >= 11 is 5.68. The van der Waals surface area contributed by atoms with Crippen LogP contribution in [0.25, 0.3) is 0 Å².